The molecule has 4 aliphatic heterocycles. The highest BCUT2D eigenvalue weighted by Crippen LogP contribution is 2.61. The van der Waals surface area contributed by atoms with Gasteiger partial charge in [-0.2, -0.15) is 5.06 Å². The molecule has 4 heterocycles. The number of allylic oxidation sites excluding steroid dienone is 1. The third-order valence-electron chi connectivity index (χ3n) is 14.1. The van der Waals surface area contributed by atoms with Crippen LogP contribution < -0.4 is 5.32 Å². The predicted octanol–water partition coefficient (Wildman–Crippen LogP) is 4.65. The Morgan fingerprint density at radius 2 is 1.79 bits per heavy atom. The molecule has 276 valence electrons. The highest BCUT2D eigenvalue weighted by molar-refractivity contribution is 5.93. The number of carbonyl (C=O) groups excluding carboxylic acids is 2. The third kappa shape index (κ3) is 5.04. The van der Waals surface area contributed by atoms with Crippen LogP contribution in [0.3, 0.4) is 0 Å². The summed E-state index contributed by atoms with van der Waals surface area (Å²) in [7, 11) is 0. The number of aliphatic hydroxyl groups is 1. The first kappa shape index (κ1) is 33.4. The molecule has 3 saturated carbocycles. The first-order valence-electron chi connectivity index (χ1n) is 19.4. The van der Waals surface area contributed by atoms with Gasteiger partial charge in [0.05, 0.1) is 24.9 Å². The van der Waals surface area contributed by atoms with Gasteiger partial charge in [-0.1, -0.05) is 74.0 Å². The van der Waals surface area contributed by atoms with Gasteiger partial charge >= 0.3 is 5.97 Å². The highest BCUT2D eigenvalue weighted by atomic mass is 16.8. The molecule has 52 heavy (non-hydrogen) atoms. The number of amides is 1. The van der Waals surface area contributed by atoms with Crippen molar-refractivity contribution in [3.8, 4) is 0 Å². The molecule has 7 fully saturated rings. The lowest BCUT2D eigenvalue weighted by Gasteiger charge is -2.53. The summed E-state index contributed by atoms with van der Waals surface area (Å²) >= 11 is 0. The van der Waals surface area contributed by atoms with Gasteiger partial charge in [-0.05, 0) is 78.5 Å². The topological polar surface area (TPSA) is 119 Å². The molecule has 0 aromatic heterocycles. The summed E-state index contributed by atoms with van der Waals surface area (Å²) in [6, 6.07) is 15.7. The van der Waals surface area contributed by atoms with E-state index in [0.29, 0.717) is 36.2 Å². The summed E-state index contributed by atoms with van der Waals surface area (Å²) in [5.41, 5.74) is 5.07. The number of hydroxylamine groups is 2. The number of epoxide rings is 1. The van der Waals surface area contributed by atoms with Crippen molar-refractivity contribution in [1.29, 1.82) is 0 Å². The van der Waals surface area contributed by atoms with E-state index in [0.717, 1.165) is 30.4 Å². The van der Waals surface area contributed by atoms with Crippen molar-refractivity contribution in [3.05, 3.63) is 76.4 Å². The zero-order valence-corrected chi connectivity index (χ0v) is 30.3. The minimum atomic E-state index is -1.26. The smallest absolute Gasteiger partial charge is 0.327 e. The molecule has 2 aromatic carbocycles. The van der Waals surface area contributed by atoms with Crippen molar-refractivity contribution in [3.63, 3.8) is 0 Å². The number of rotatable bonds is 6. The van der Waals surface area contributed by atoms with E-state index in [-0.39, 0.29) is 37.6 Å². The summed E-state index contributed by atoms with van der Waals surface area (Å²) in [4.78, 5) is 35.0. The second-order valence-electron chi connectivity index (χ2n) is 17.8. The molecule has 8 aliphatic rings. The van der Waals surface area contributed by atoms with Gasteiger partial charge in [0.1, 0.15) is 29.8 Å². The van der Waals surface area contributed by atoms with Crippen molar-refractivity contribution >= 4 is 18.0 Å². The Morgan fingerprint density at radius 3 is 2.56 bits per heavy atom. The first-order chi connectivity index (χ1) is 25.0. The van der Waals surface area contributed by atoms with Crippen LogP contribution in [-0.2, 0) is 52.8 Å². The minimum absolute atomic E-state index is 0.0451. The number of hydrogen-bond donors (Lipinski definition) is 2. The molecular formula is C42H50N2O8. The summed E-state index contributed by atoms with van der Waals surface area (Å²) in [5.74, 6) is -0.488. The molecule has 10 nitrogen and oxygen atoms in total. The van der Waals surface area contributed by atoms with E-state index < -0.39 is 47.6 Å². The lowest BCUT2D eigenvalue weighted by atomic mass is 9.52. The van der Waals surface area contributed by atoms with Crippen molar-refractivity contribution in [2.75, 3.05) is 13.2 Å². The maximum absolute atomic E-state index is 14.2. The van der Waals surface area contributed by atoms with E-state index in [1.807, 2.05) is 18.2 Å². The van der Waals surface area contributed by atoms with Crippen LogP contribution >= 0.6 is 0 Å². The maximum Gasteiger partial charge on any atom is 0.327 e. The van der Waals surface area contributed by atoms with Gasteiger partial charge in [0.2, 0.25) is 5.91 Å². The number of hydrogen-bond acceptors (Lipinski definition) is 9. The molecule has 1 unspecified atom stereocenters. The van der Waals surface area contributed by atoms with Crippen LogP contribution in [0.15, 0.2) is 54.1 Å². The van der Waals surface area contributed by atoms with Gasteiger partial charge in [-0.15, -0.1) is 0 Å². The number of nitrogens with one attached hydrogen (secondary N) is 1. The molecule has 10 atom stereocenters. The van der Waals surface area contributed by atoms with Gasteiger partial charge in [-0.3, -0.25) is 14.4 Å². The molecule has 2 aromatic rings. The Labute approximate surface area is 305 Å². The minimum Gasteiger partial charge on any atom is -0.458 e. The molecule has 1 amide bonds. The van der Waals surface area contributed by atoms with Gasteiger partial charge < -0.3 is 29.4 Å². The Balaban J connectivity index is 0.948. The van der Waals surface area contributed by atoms with Gasteiger partial charge in [0, 0.05) is 25.8 Å². The van der Waals surface area contributed by atoms with Crippen LogP contribution in [-0.4, -0.2) is 83.1 Å². The van der Waals surface area contributed by atoms with Gasteiger partial charge in [0.15, 0.2) is 11.8 Å². The lowest BCUT2D eigenvalue weighted by Crippen LogP contribution is -2.69. The number of carbonyl (C=O) groups is 2. The van der Waals surface area contributed by atoms with E-state index in [2.05, 4.69) is 62.5 Å². The van der Waals surface area contributed by atoms with E-state index in [1.54, 1.807) is 5.06 Å². The van der Waals surface area contributed by atoms with E-state index >= 15 is 0 Å². The first-order valence-corrected chi connectivity index (χ1v) is 19.4. The van der Waals surface area contributed by atoms with E-state index in [4.69, 9.17) is 23.8 Å². The quantitative estimate of drug-likeness (QED) is 0.326. The number of nitrogens with zero attached hydrogens (tertiary/aromatic N) is 1. The molecule has 10 rings (SSSR count). The third-order valence-corrected chi connectivity index (χ3v) is 14.1. The average Bonchev–Trinajstić information content (AvgIpc) is 3.40. The maximum atomic E-state index is 14.2. The molecular weight excluding hydrogens is 660 g/mol. The van der Waals surface area contributed by atoms with Crippen LogP contribution in [0.25, 0.3) is 6.08 Å². The molecule has 2 bridgehead atoms. The van der Waals surface area contributed by atoms with Crippen LogP contribution in [0.1, 0.15) is 81.5 Å². The molecule has 4 aliphatic carbocycles. The summed E-state index contributed by atoms with van der Waals surface area (Å²) in [6.07, 6.45) is 7.18. The number of ether oxygens (including phenoxy) is 4. The summed E-state index contributed by atoms with van der Waals surface area (Å²) in [6.45, 7) is 7.27. The number of aliphatic hydroxyl groups excluding tert-OH is 1. The monoisotopic (exact) mass is 710 g/mol. The molecule has 4 saturated heterocycles. The Morgan fingerprint density at radius 1 is 1.00 bits per heavy atom. The molecule has 0 radical (unpaired) electrons. The van der Waals surface area contributed by atoms with Crippen LogP contribution in [0.4, 0.5) is 0 Å². The largest absolute Gasteiger partial charge is 0.458 e. The number of fused-ring (bicyclic) bond motifs is 7. The van der Waals surface area contributed by atoms with E-state index in [9.17, 15) is 14.7 Å². The van der Waals surface area contributed by atoms with Gasteiger partial charge in [-0.25, -0.2) is 0 Å². The van der Waals surface area contributed by atoms with Crippen LogP contribution in [0, 0.1) is 22.7 Å². The molecule has 2 N–H and O–H groups in total. The van der Waals surface area contributed by atoms with Crippen LogP contribution in [0.2, 0.25) is 0 Å². The number of esters is 1. The summed E-state index contributed by atoms with van der Waals surface area (Å²) in [5, 5.41) is 14.2. The fourth-order valence-corrected chi connectivity index (χ4v) is 11.5. The van der Waals surface area contributed by atoms with Crippen LogP contribution in [0.5, 0.6) is 0 Å². The van der Waals surface area contributed by atoms with Crippen molar-refractivity contribution in [2.45, 2.75) is 127 Å². The highest BCUT2D eigenvalue weighted by Gasteiger charge is 2.76. The average molecular weight is 711 g/mol. The second kappa shape index (κ2) is 11.7. The predicted molar refractivity (Wildman–Crippen MR) is 189 cm³/mol. The van der Waals surface area contributed by atoms with Crippen molar-refractivity contribution in [1.82, 2.24) is 10.4 Å². The molecule has 10 heteroatoms. The van der Waals surface area contributed by atoms with E-state index in [1.165, 1.54) is 29.5 Å². The van der Waals surface area contributed by atoms with Crippen molar-refractivity contribution < 1.29 is 38.5 Å². The second-order valence-corrected chi connectivity index (χ2v) is 17.8. The van der Waals surface area contributed by atoms with Gasteiger partial charge in [0.25, 0.3) is 0 Å². The summed E-state index contributed by atoms with van der Waals surface area (Å²) < 4.78 is 25.9. The molecule has 1 spiro atoms. The Bertz CT molecular complexity index is 1820. The van der Waals surface area contributed by atoms with Crippen molar-refractivity contribution in [2.24, 2.45) is 22.7 Å². The number of benzene rings is 2. The normalized spacial score (nSPS) is 41.1. The Hall–Kier alpha value is -3.12. The zero-order valence-electron chi connectivity index (χ0n) is 30.3. The fourth-order valence-electron chi connectivity index (χ4n) is 11.5. The zero-order chi connectivity index (χ0) is 35.6. The fraction of sp³-hybridized carbons (Fsp3) is 0.619. The Kier molecular flexibility index (Phi) is 7.52. The lowest BCUT2D eigenvalue weighted by molar-refractivity contribution is -0.217. The SMILES string of the molecule is CC1(C)C[C@@H]2C(=Cc3cccc(CN4O[C@@H]5[C@H]6OC7(Cc8ccccc8C7)O[C@H]6[C@@H]6C[C@]5(C(=O)NCCO)[C@@H]4C(=O)O6)c3)CCC3O[C@]3(C)CC[C@H]21. The standard InChI is InChI=1S/C42H50N2O8/c1-39(2)21-29-26(11-12-32-40(3,49-32)14-13-30(29)39)18-24-7-6-8-25(17-24)23-44-35-37(46)48-31-22-42(35,38(47)43-15-16-45)36(52-44)34-33(31)50-41(51-34)19-27-9-4-5-10-28(27)20-41/h4-10,17-18,29-36,45H,11-16,19-23H2,1-3H3,(H,43,47)/t29-,30-,31+,32?,33+,34+,35+,36-,40-,42+/m1/s1.